The van der Waals surface area contributed by atoms with Gasteiger partial charge in [0, 0.05) is 19.2 Å². The minimum Gasteiger partial charge on any atom is -0.490 e. The molecule has 0 aliphatic carbocycles. The van der Waals surface area contributed by atoms with Crippen LogP contribution in [0.4, 0.5) is 27.5 Å². The van der Waals surface area contributed by atoms with Crippen molar-refractivity contribution in [2.45, 2.75) is 18.9 Å². The van der Waals surface area contributed by atoms with E-state index in [4.69, 9.17) is 9.84 Å². The van der Waals surface area contributed by atoms with Gasteiger partial charge < -0.3 is 30.7 Å². The molecule has 0 bridgehead atoms. The summed E-state index contributed by atoms with van der Waals surface area (Å²) in [5.74, 6) is -0.313. The zero-order valence-corrected chi connectivity index (χ0v) is 20.9. The molecule has 12 heteroatoms. The van der Waals surface area contributed by atoms with Crippen LogP contribution in [0.15, 0.2) is 54.6 Å². The largest absolute Gasteiger partial charge is 0.490 e. The molecular weight excluding hydrogens is 506 g/mol. The maximum Gasteiger partial charge on any atom is 0.404 e. The Bertz CT molecular complexity index is 1510. The van der Waals surface area contributed by atoms with Crippen LogP contribution >= 0.6 is 0 Å². The van der Waals surface area contributed by atoms with E-state index in [-0.39, 0.29) is 35.7 Å². The molecule has 2 heterocycles. The highest BCUT2D eigenvalue weighted by Gasteiger charge is 2.28. The number of fused-ring (bicyclic) bond motifs is 2. The lowest BCUT2D eigenvalue weighted by Gasteiger charge is -2.17. The van der Waals surface area contributed by atoms with Gasteiger partial charge in [0.2, 0.25) is 5.91 Å². The quantitative estimate of drug-likeness (QED) is 0.274. The van der Waals surface area contributed by atoms with Gasteiger partial charge in [0.1, 0.15) is 0 Å². The number of hydrogen-bond donors (Lipinski definition) is 4. The summed E-state index contributed by atoms with van der Waals surface area (Å²) in [6, 6.07) is 14.8. The third-order valence-electron chi connectivity index (χ3n) is 6.80. The van der Waals surface area contributed by atoms with E-state index in [0.717, 1.165) is 5.56 Å². The maximum absolute atomic E-state index is 13.0. The van der Waals surface area contributed by atoms with E-state index < -0.39 is 11.0 Å². The van der Waals surface area contributed by atoms with Crippen molar-refractivity contribution in [3.05, 3.63) is 75.8 Å². The van der Waals surface area contributed by atoms with Crippen LogP contribution in [0, 0.1) is 10.1 Å². The lowest BCUT2D eigenvalue weighted by atomic mass is 10.0. The Hall–Kier alpha value is -5.13. The van der Waals surface area contributed by atoms with Crippen molar-refractivity contribution in [1.82, 2.24) is 10.2 Å². The standard InChI is InChI=1S/C27H25N5O7/c1-39-24-13-17(4-7-23(24)32(37)38)16-3-5-19-21(12-16)29-20-6-2-15(10-22(20)30-26(19)34)11-25(33)31-9-8-18(14-31)28-27(35)36/h2-7,10,12-13,18,28-29H,8-9,11,14H2,1H3,(H,30,34)(H,35,36). The molecule has 39 heavy (non-hydrogen) atoms. The monoisotopic (exact) mass is 531 g/mol. The van der Waals surface area contributed by atoms with Gasteiger partial charge in [-0.25, -0.2) is 4.79 Å². The van der Waals surface area contributed by atoms with Crippen LogP contribution in [0.25, 0.3) is 11.1 Å². The van der Waals surface area contributed by atoms with E-state index in [1.54, 1.807) is 53.4 Å². The van der Waals surface area contributed by atoms with Gasteiger partial charge >= 0.3 is 11.8 Å². The van der Waals surface area contributed by atoms with Crippen molar-refractivity contribution >= 4 is 40.7 Å². The molecular formula is C27H25N5O7. The maximum atomic E-state index is 13.0. The second kappa shape index (κ2) is 10.3. The summed E-state index contributed by atoms with van der Waals surface area (Å²) in [7, 11) is 1.37. The molecule has 5 rings (SSSR count). The number of anilines is 3. The fourth-order valence-corrected chi connectivity index (χ4v) is 4.85. The number of nitro benzene ring substituents is 1. The first-order valence-electron chi connectivity index (χ1n) is 12.2. The van der Waals surface area contributed by atoms with Crippen LogP contribution in [0.1, 0.15) is 22.3 Å². The number of rotatable bonds is 6. The van der Waals surface area contributed by atoms with Crippen molar-refractivity contribution in [1.29, 1.82) is 0 Å². The summed E-state index contributed by atoms with van der Waals surface area (Å²) in [6.07, 6.45) is -0.430. The van der Waals surface area contributed by atoms with Crippen LogP contribution in [0.2, 0.25) is 0 Å². The number of hydrogen-bond acceptors (Lipinski definition) is 7. The molecule has 2 aliphatic rings. The van der Waals surface area contributed by atoms with E-state index in [1.807, 2.05) is 0 Å². The highest BCUT2D eigenvalue weighted by Crippen LogP contribution is 2.37. The molecule has 2 aliphatic heterocycles. The molecule has 0 radical (unpaired) electrons. The van der Waals surface area contributed by atoms with Gasteiger partial charge in [-0.3, -0.25) is 19.7 Å². The highest BCUT2D eigenvalue weighted by molar-refractivity contribution is 6.12. The highest BCUT2D eigenvalue weighted by atomic mass is 16.6. The molecule has 3 amide bonds. The number of nitro groups is 1. The molecule has 0 aromatic heterocycles. The van der Waals surface area contributed by atoms with E-state index in [9.17, 15) is 24.5 Å². The molecule has 1 saturated heterocycles. The smallest absolute Gasteiger partial charge is 0.404 e. The molecule has 0 saturated carbocycles. The Morgan fingerprint density at radius 2 is 1.85 bits per heavy atom. The zero-order chi connectivity index (χ0) is 27.7. The number of ether oxygens (including phenoxy) is 1. The van der Waals surface area contributed by atoms with Gasteiger partial charge in [-0.2, -0.15) is 0 Å². The molecule has 3 aromatic carbocycles. The summed E-state index contributed by atoms with van der Waals surface area (Å²) in [5, 5.41) is 28.7. The summed E-state index contributed by atoms with van der Waals surface area (Å²) in [5.41, 5.74) is 4.11. The Balaban J connectivity index is 1.35. The lowest BCUT2D eigenvalue weighted by molar-refractivity contribution is -0.385. The number of carbonyl (C=O) groups excluding carboxylic acids is 2. The van der Waals surface area contributed by atoms with Gasteiger partial charge in [0.05, 0.1) is 47.1 Å². The van der Waals surface area contributed by atoms with E-state index in [0.29, 0.717) is 53.3 Å². The normalized spacial score (nSPS) is 15.8. The second-order valence-corrected chi connectivity index (χ2v) is 9.31. The first-order valence-corrected chi connectivity index (χ1v) is 12.2. The average Bonchev–Trinajstić information content (AvgIpc) is 3.32. The topological polar surface area (TPSA) is 163 Å². The van der Waals surface area contributed by atoms with E-state index in [2.05, 4.69) is 16.0 Å². The van der Waals surface area contributed by atoms with Crippen molar-refractivity contribution in [2.75, 3.05) is 30.8 Å². The Labute approximate surface area is 222 Å². The molecule has 12 nitrogen and oxygen atoms in total. The molecule has 1 unspecified atom stereocenters. The Kier molecular flexibility index (Phi) is 6.75. The number of carboxylic acid groups (broad SMARTS) is 1. The van der Waals surface area contributed by atoms with Gasteiger partial charge in [0.15, 0.2) is 5.75 Å². The zero-order valence-electron chi connectivity index (χ0n) is 20.9. The fourth-order valence-electron chi connectivity index (χ4n) is 4.85. The fraction of sp³-hybridized carbons (Fsp3) is 0.222. The third kappa shape index (κ3) is 5.30. The van der Waals surface area contributed by atoms with Crippen molar-refractivity contribution in [3.63, 3.8) is 0 Å². The van der Waals surface area contributed by atoms with Gasteiger partial charge in [-0.05, 0) is 59.5 Å². The number of nitrogens with one attached hydrogen (secondary N) is 3. The van der Waals surface area contributed by atoms with Crippen LogP contribution in [-0.4, -0.2) is 59.1 Å². The Morgan fingerprint density at radius 3 is 2.59 bits per heavy atom. The molecule has 1 fully saturated rings. The number of methoxy groups -OCH3 is 1. The third-order valence-corrected chi connectivity index (χ3v) is 6.80. The predicted octanol–water partition coefficient (Wildman–Crippen LogP) is 3.99. The summed E-state index contributed by atoms with van der Waals surface area (Å²) in [6.45, 7) is 0.804. The predicted molar refractivity (Wildman–Crippen MR) is 143 cm³/mol. The van der Waals surface area contributed by atoms with Crippen molar-refractivity contribution in [2.24, 2.45) is 0 Å². The number of carbonyl (C=O) groups is 3. The van der Waals surface area contributed by atoms with Crippen LogP contribution < -0.4 is 20.7 Å². The van der Waals surface area contributed by atoms with Crippen LogP contribution in [-0.2, 0) is 11.2 Å². The van der Waals surface area contributed by atoms with Crippen molar-refractivity contribution < 1.29 is 29.2 Å². The van der Waals surface area contributed by atoms with Gasteiger partial charge in [0.25, 0.3) is 5.91 Å². The molecule has 200 valence electrons. The first kappa shape index (κ1) is 25.5. The van der Waals surface area contributed by atoms with Crippen LogP contribution in [0.5, 0.6) is 5.75 Å². The average molecular weight is 532 g/mol. The minimum absolute atomic E-state index is 0.113. The number of benzene rings is 3. The van der Waals surface area contributed by atoms with E-state index >= 15 is 0 Å². The number of likely N-dealkylation sites (tertiary alicyclic amines) is 1. The first-order chi connectivity index (χ1) is 18.7. The van der Waals surface area contributed by atoms with Gasteiger partial charge in [-0.1, -0.05) is 12.1 Å². The molecule has 4 N–H and O–H groups in total. The van der Waals surface area contributed by atoms with E-state index in [1.165, 1.54) is 13.2 Å². The Morgan fingerprint density at radius 1 is 1.08 bits per heavy atom. The number of amides is 3. The van der Waals surface area contributed by atoms with Crippen molar-refractivity contribution in [3.8, 4) is 16.9 Å². The second-order valence-electron chi connectivity index (χ2n) is 9.31. The summed E-state index contributed by atoms with van der Waals surface area (Å²) >= 11 is 0. The van der Waals surface area contributed by atoms with Crippen LogP contribution in [0.3, 0.4) is 0 Å². The SMILES string of the molecule is COc1cc(-c2ccc3c(c2)Nc2ccc(CC(=O)N4CCC(NC(=O)O)C4)cc2NC3=O)ccc1[N+](=O)[O-]. The lowest BCUT2D eigenvalue weighted by Crippen LogP contribution is -2.38. The number of nitrogens with zero attached hydrogens (tertiary/aromatic N) is 2. The molecule has 3 aromatic rings. The molecule has 0 spiro atoms. The summed E-state index contributed by atoms with van der Waals surface area (Å²) in [4.78, 5) is 49.1. The minimum atomic E-state index is -1.11. The van der Waals surface area contributed by atoms with Gasteiger partial charge in [-0.15, -0.1) is 0 Å². The summed E-state index contributed by atoms with van der Waals surface area (Å²) < 4.78 is 5.18. The molecule has 1 atom stereocenters.